The second kappa shape index (κ2) is 7.61. The summed E-state index contributed by atoms with van der Waals surface area (Å²) in [6.45, 7) is 2.28. The summed E-state index contributed by atoms with van der Waals surface area (Å²) in [4.78, 5) is 9.34. The molecule has 0 saturated heterocycles. The highest BCUT2D eigenvalue weighted by atomic mass is 15.0. The second-order valence-corrected chi connectivity index (χ2v) is 8.43. The summed E-state index contributed by atoms with van der Waals surface area (Å²) < 4.78 is 2.41. The zero-order chi connectivity index (χ0) is 21.5. The highest BCUT2D eigenvalue weighted by Crippen LogP contribution is 2.35. The lowest BCUT2D eigenvalue weighted by Crippen LogP contribution is -2.08. The maximum Gasteiger partial charge on any atom is 0.159 e. The van der Waals surface area contributed by atoms with Gasteiger partial charge < -0.3 is 4.57 Å². The quantitative estimate of drug-likeness (QED) is 0.320. The van der Waals surface area contributed by atoms with Gasteiger partial charge in [-0.15, -0.1) is 0 Å². The van der Waals surface area contributed by atoms with Crippen molar-refractivity contribution >= 4 is 17.0 Å². The molecule has 0 N–H and O–H groups in total. The highest BCUT2D eigenvalue weighted by molar-refractivity contribution is 5.93. The van der Waals surface area contributed by atoms with Gasteiger partial charge in [-0.3, -0.25) is 0 Å². The average Bonchev–Trinajstić information content (AvgIpc) is 3.18. The van der Waals surface area contributed by atoms with Gasteiger partial charge in [-0.1, -0.05) is 67.6 Å². The minimum absolute atomic E-state index is 0.541. The van der Waals surface area contributed by atoms with Gasteiger partial charge in [0.2, 0.25) is 0 Å². The van der Waals surface area contributed by atoms with E-state index in [2.05, 4.69) is 89.3 Å². The number of allylic oxidation sites excluding steroid dienone is 1. The molecule has 0 radical (unpaired) electrons. The summed E-state index contributed by atoms with van der Waals surface area (Å²) in [7, 11) is 0. The second-order valence-electron chi connectivity index (χ2n) is 8.43. The first-order chi connectivity index (χ1) is 15.8. The molecule has 1 atom stereocenters. The van der Waals surface area contributed by atoms with Gasteiger partial charge in [0.1, 0.15) is 0 Å². The van der Waals surface area contributed by atoms with Crippen molar-refractivity contribution in [3.05, 3.63) is 108 Å². The third-order valence-corrected chi connectivity index (χ3v) is 6.23. The topological polar surface area (TPSA) is 30.7 Å². The van der Waals surface area contributed by atoms with E-state index in [1.807, 2.05) is 30.5 Å². The number of benzene rings is 3. The largest absolute Gasteiger partial charge is 0.313 e. The predicted octanol–water partition coefficient (Wildman–Crippen LogP) is 6.96. The van der Waals surface area contributed by atoms with Gasteiger partial charge in [0.25, 0.3) is 0 Å². The molecule has 1 aliphatic rings. The average molecular weight is 414 g/mol. The fourth-order valence-corrected chi connectivity index (χ4v) is 4.66. The van der Waals surface area contributed by atoms with Crippen LogP contribution in [0.15, 0.2) is 97.2 Å². The molecule has 2 aromatic heterocycles. The van der Waals surface area contributed by atoms with Crippen LogP contribution < -0.4 is 0 Å². The van der Waals surface area contributed by atoms with Crippen LogP contribution in [0, 0.1) is 5.92 Å². The third kappa shape index (κ3) is 3.14. The van der Waals surface area contributed by atoms with Crippen LogP contribution in [-0.4, -0.2) is 14.5 Å². The Morgan fingerprint density at radius 1 is 0.812 bits per heavy atom. The van der Waals surface area contributed by atoms with Crippen LogP contribution in [0.4, 0.5) is 0 Å². The molecule has 3 aromatic carbocycles. The van der Waals surface area contributed by atoms with Crippen molar-refractivity contribution in [3.63, 3.8) is 0 Å². The summed E-state index contributed by atoms with van der Waals surface area (Å²) in [5.74, 6) is 1.29. The summed E-state index contributed by atoms with van der Waals surface area (Å²) in [5.41, 5.74) is 8.22. The molecule has 3 heteroatoms. The molecule has 0 spiro atoms. The Balaban J connectivity index is 1.42. The Hall–Kier alpha value is -3.98. The van der Waals surface area contributed by atoms with Crippen molar-refractivity contribution in [2.24, 2.45) is 5.92 Å². The summed E-state index contributed by atoms with van der Waals surface area (Å²) in [5, 5.41) is 1.31. The molecule has 3 nitrogen and oxygen atoms in total. The standard InChI is InChI=1S/C29H23N3/c1-20-11-16-25-24-9-5-6-10-27(24)32(28(25)19-20)23-14-12-22(13-15-23)29-30-18-17-26(31-29)21-7-3-2-4-8-21/h2-18,20H,19H2,1H3. The number of para-hydroxylation sites is 1. The van der Waals surface area contributed by atoms with E-state index in [0.717, 1.165) is 29.1 Å². The van der Waals surface area contributed by atoms with Crippen LogP contribution in [-0.2, 0) is 6.42 Å². The Morgan fingerprint density at radius 2 is 1.59 bits per heavy atom. The van der Waals surface area contributed by atoms with E-state index in [4.69, 9.17) is 4.98 Å². The normalized spacial score (nSPS) is 15.1. The minimum atomic E-state index is 0.541. The molecule has 0 bridgehead atoms. The lowest BCUT2D eigenvalue weighted by atomic mass is 9.95. The Bertz CT molecular complexity index is 1440. The molecule has 0 saturated carbocycles. The number of rotatable bonds is 3. The van der Waals surface area contributed by atoms with E-state index < -0.39 is 0 Å². The molecule has 1 unspecified atom stereocenters. The molecule has 0 fully saturated rings. The van der Waals surface area contributed by atoms with E-state index in [1.165, 1.54) is 27.8 Å². The summed E-state index contributed by atoms with van der Waals surface area (Å²) in [6.07, 6.45) is 7.49. The smallest absolute Gasteiger partial charge is 0.159 e. The van der Waals surface area contributed by atoms with Gasteiger partial charge in [0, 0.05) is 39.7 Å². The summed E-state index contributed by atoms with van der Waals surface area (Å²) in [6, 6.07) is 29.5. The van der Waals surface area contributed by atoms with E-state index in [0.29, 0.717) is 5.92 Å². The molecular formula is C29H23N3. The number of hydrogen-bond donors (Lipinski definition) is 0. The van der Waals surface area contributed by atoms with Gasteiger partial charge in [-0.05, 0) is 48.7 Å². The third-order valence-electron chi connectivity index (χ3n) is 6.23. The molecule has 6 rings (SSSR count). The molecule has 2 heterocycles. The Kier molecular flexibility index (Phi) is 4.46. The van der Waals surface area contributed by atoms with Crippen LogP contribution in [0.25, 0.3) is 45.3 Å². The van der Waals surface area contributed by atoms with Gasteiger partial charge in [0.15, 0.2) is 5.82 Å². The van der Waals surface area contributed by atoms with E-state index >= 15 is 0 Å². The first kappa shape index (κ1) is 18.8. The van der Waals surface area contributed by atoms with E-state index in [1.54, 1.807) is 0 Å². The fourth-order valence-electron chi connectivity index (χ4n) is 4.66. The molecule has 154 valence electrons. The molecule has 0 aliphatic heterocycles. The number of hydrogen-bond acceptors (Lipinski definition) is 2. The number of aromatic nitrogens is 3. The van der Waals surface area contributed by atoms with E-state index in [-0.39, 0.29) is 0 Å². The fraction of sp³-hybridized carbons (Fsp3) is 0.103. The summed E-state index contributed by atoms with van der Waals surface area (Å²) >= 11 is 0. The van der Waals surface area contributed by atoms with E-state index in [9.17, 15) is 0 Å². The maximum absolute atomic E-state index is 4.81. The minimum Gasteiger partial charge on any atom is -0.313 e. The molecule has 0 amide bonds. The maximum atomic E-state index is 4.81. The van der Waals surface area contributed by atoms with Crippen molar-refractivity contribution in [3.8, 4) is 28.3 Å². The SMILES string of the molecule is CC1C=Cc2c(n(-c3ccc(-c4nccc(-c5ccccc5)n4)cc3)c3ccccc23)C1. The van der Waals surface area contributed by atoms with Crippen LogP contribution in [0.3, 0.4) is 0 Å². The molecular weight excluding hydrogens is 390 g/mol. The lowest BCUT2D eigenvalue weighted by molar-refractivity contribution is 0.690. The Morgan fingerprint density at radius 3 is 2.44 bits per heavy atom. The lowest BCUT2D eigenvalue weighted by Gasteiger charge is -2.17. The first-order valence-electron chi connectivity index (χ1n) is 11.1. The molecule has 5 aromatic rings. The van der Waals surface area contributed by atoms with Crippen LogP contribution in [0.1, 0.15) is 18.2 Å². The van der Waals surface area contributed by atoms with Gasteiger partial charge in [-0.25, -0.2) is 9.97 Å². The number of fused-ring (bicyclic) bond motifs is 3. The zero-order valence-corrected chi connectivity index (χ0v) is 17.9. The van der Waals surface area contributed by atoms with Crippen molar-refractivity contribution in [2.45, 2.75) is 13.3 Å². The zero-order valence-electron chi connectivity index (χ0n) is 17.9. The molecule has 32 heavy (non-hydrogen) atoms. The van der Waals surface area contributed by atoms with Crippen molar-refractivity contribution < 1.29 is 0 Å². The monoisotopic (exact) mass is 413 g/mol. The van der Waals surface area contributed by atoms with Gasteiger partial charge >= 0.3 is 0 Å². The van der Waals surface area contributed by atoms with Crippen molar-refractivity contribution in [1.82, 2.24) is 14.5 Å². The number of nitrogens with zero attached hydrogens (tertiary/aromatic N) is 3. The Labute approximate surface area is 187 Å². The predicted molar refractivity (Wildman–Crippen MR) is 132 cm³/mol. The van der Waals surface area contributed by atoms with Gasteiger partial charge in [0.05, 0.1) is 11.2 Å². The van der Waals surface area contributed by atoms with Crippen molar-refractivity contribution in [1.29, 1.82) is 0 Å². The van der Waals surface area contributed by atoms with Crippen LogP contribution >= 0.6 is 0 Å². The first-order valence-corrected chi connectivity index (χ1v) is 11.1. The van der Waals surface area contributed by atoms with Crippen LogP contribution in [0.2, 0.25) is 0 Å². The van der Waals surface area contributed by atoms with Gasteiger partial charge in [-0.2, -0.15) is 0 Å². The highest BCUT2D eigenvalue weighted by Gasteiger charge is 2.20. The molecule has 1 aliphatic carbocycles. The van der Waals surface area contributed by atoms with Crippen LogP contribution in [0.5, 0.6) is 0 Å². The van der Waals surface area contributed by atoms with Crippen molar-refractivity contribution in [2.75, 3.05) is 0 Å².